The fraction of sp³-hybridized carbons (Fsp3) is 1.00. The lowest BCUT2D eigenvalue weighted by Gasteiger charge is -2.38. The summed E-state index contributed by atoms with van der Waals surface area (Å²) in [5.74, 6) is 0. The molecule has 0 saturated carbocycles. The van der Waals surface area contributed by atoms with E-state index in [2.05, 4.69) is 27.9 Å². The number of rotatable bonds is 1. The first-order valence-corrected chi connectivity index (χ1v) is 5.32. The molecule has 2 rings (SSSR count). The zero-order valence-electron chi connectivity index (χ0n) is 5.90. The first-order valence-electron chi connectivity index (χ1n) is 3.79. The topological polar surface area (TPSA) is 21.3 Å². The lowest BCUT2D eigenvalue weighted by molar-refractivity contribution is -0.0648. The fourth-order valence-corrected chi connectivity index (χ4v) is 2.29. The van der Waals surface area contributed by atoms with E-state index in [1.807, 2.05) is 0 Å². The van der Waals surface area contributed by atoms with E-state index < -0.39 is 0 Å². The summed E-state index contributed by atoms with van der Waals surface area (Å²) in [5.41, 5.74) is 0.274. The van der Waals surface area contributed by atoms with Gasteiger partial charge in [0.15, 0.2) is 0 Å². The molecule has 0 aromatic heterocycles. The third kappa shape index (κ3) is 1.08. The molecule has 1 atom stereocenters. The van der Waals surface area contributed by atoms with Crippen LogP contribution in [0.4, 0.5) is 0 Å². The van der Waals surface area contributed by atoms with Crippen molar-refractivity contribution < 1.29 is 4.74 Å². The van der Waals surface area contributed by atoms with Crippen LogP contribution in [0, 0.1) is 0 Å². The Morgan fingerprint density at radius 2 is 2.40 bits per heavy atom. The molecule has 2 saturated heterocycles. The van der Waals surface area contributed by atoms with Crippen molar-refractivity contribution in [1.29, 1.82) is 0 Å². The molecule has 0 bridgehead atoms. The number of hydrogen-bond donors (Lipinski definition) is 1. The average molecular weight is 253 g/mol. The zero-order chi connectivity index (χ0) is 7.03. The molecular weight excluding hydrogens is 241 g/mol. The summed E-state index contributed by atoms with van der Waals surface area (Å²) in [7, 11) is 0. The Morgan fingerprint density at radius 3 is 2.70 bits per heavy atom. The van der Waals surface area contributed by atoms with E-state index in [-0.39, 0.29) is 5.60 Å². The van der Waals surface area contributed by atoms with E-state index in [1.165, 1.54) is 12.8 Å². The number of hydrogen-bond acceptors (Lipinski definition) is 2. The van der Waals surface area contributed by atoms with Crippen molar-refractivity contribution in [2.75, 3.05) is 17.5 Å². The highest BCUT2D eigenvalue weighted by Gasteiger charge is 2.44. The average Bonchev–Trinajstić information content (AvgIpc) is 2.29. The second-order valence-corrected chi connectivity index (χ2v) is 4.10. The van der Waals surface area contributed by atoms with Crippen molar-refractivity contribution in [2.24, 2.45) is 0 Å². The lowest BCUT2D eigenvalue weighted by Crippen LogP contribution is -2.59. The molecule has 2 aliphatic rings. The molecule has 1 unspecified atom stereocenters. The van der Waals surface area contributed by atoms with Gasteiger partial charge in [-0.2, -0.15) is 0 Å². The number of alkyl halides is 1. The van der Waals surface area contributed by atoms with Crippen LogP contribution >= 0.6 is 22.6 Å². The molecule has 1 N–H and O–H groups in total. The van der Waals surface area contributed by atoms with Gasteiger partial charge in [-0.3, -0.25) is 0 Å². The van der Waals surface area contributed by atoms with Gasteiger partial charge in [0.05, 0.1) is 11.7 Å². The molecule has 0 radical (unpaired) electrons. The molecule has 2 fully saturated rings. The molecule has 0 aromatic carbocycles. The highest BCUT2D eigenvalue weighted by atomic mass is 127. The summed E-state index contributed by atoms with van der Waals surface area (Å²) >= 11 is 2.40. The molecular formula is C7H12INO. The summed E-state index contributed by atoms with van der Waals surface area (Å²) in [6.07, 6.45) is 3.08. The van der Waals surface area contributed by atoms with Gasteiger partial charge in [0.1, 0.15) is 0 Å². The van der Waals surface area contributed by atoms with Crippen molar-refractivity contribution in [1.82, 2.24) is 5.32 Å². The first kappa shape index (κ1) is 7.31. The van der Waals surface area contributed by atoms with E-state index in [9.17, 15) is 0 Å². The van der Waals surface area contributed by atoms with E-state index >= 15 is 0 Å². The quantitative estimate of drug-likeness (QED) is 0.554. The fourth-order valence-electron chi connectivity index (χ4n) is 1.67. The molecule has 0 aliphatic carbocycles. The molecule has 2 aliphatic heterocycles. The van der Waals surface area contributed by atoms with Crippen LogP contribution in [0.2, 0.25) is 0 Å². The Bertz CT molecular complexity index is 136. The first-order chi connectivity index (χ1) is 4.85. The highest BCUT2D eigenvalue weighted by Crippen LogP contribution is 2.33. The summed E-state index contributed by atoms with van der Waals surface area (Å²) in [5, 5.41) is 3.26. The molecule has 0 amide bonds. The lowest BCUT2D eigenvalue weighted by atomic mass is 9.94. The third-order valence-corrected chi connectivity index (χ3v) is 3.39. The van der Waals surface area contributed by atoms with Crippen molar-refractivity contribution in [3.8, 4) is 0 Å². The van der Waals surface area contributed by atoms with Crippen LogP contribution in [0.3, 0.4) is 0 Å². The van der Waals surface area contributed by atoms with Gasteiger partial charge in [-0.1, -0.05) is 22.6 Å². The van der Waals surface area contributed by atoms with E-state index in [4.69, 9.17) is 4.74 Å². The monoisotopic (exact) mass is 253 g/mol. The van der Waals surface area contributed by atoms with Crippen LogP contribution in [-0.2, 0) is 4.74 Å². The minimum atomic E-state index is 0.274. The minimum Gasteiger partial charge on any atom is -0.368 e. The maximum absolute atomic E-state index is 5.86. The Balaban J connectivity index is 1.92. The van der Waals surface area contributed by atoms with Crippen LogP contribution < -0.4 is 5.32 Å². The Hall–Kier alpha value is 0.650. The number of ether oxygens (including phenoxy) is 1. The van der Waals surface area contributed by atoms with Gasteiger partial charge in [0, 0.05) is 17.5 Å². The van der Waals surface area contributed by atoms with Gasteiger partial charge in [0.2, 0.25) is 0 Å². The summed E-state index contributed by atoms with van der Waals surface area (Å²) in [6.45, 7) is 2.17. The normalized spacial score (nSPS) is 36.3. The standard InChI is InChI=1S/C7H12INO/c8-3-6-1-2-7(10-6)4-9-5-7/h6,9H,1-5H2. The van der Waals surface area contributed by atoms with Crippen LogP contribution in [0.15, 0.2) is 0 Å². The predicted molar refractivity (Wildman–Crippen MR) is 48.6 cm³/mol. The molecule has 2 nitrogen and oxygen atoms in total. The van der Waals surface area contributed by atoms with Gasteiger partial charge in [0.25, 0.3) is 0 Å². The van der Waals surface area contributed by atoms with Crippen molar-refractivity contribution in [2.45, 2.75) is 24.5 Å². The van der Waals surface area contributed by atoms with E-state index in [0.717, 1.165) is 17.5 Å². The van der Waals surface area contributed by atoms with E-state index in [0.29, 0.717) is 6.10 Å². The van der Waals surface area contributed by atoms with Crippen molar-refractivity contribution in [3.05, 3.63) is 0 Å². The molecule has 1 spiro atoms. The van der Waals surface area contributed by atoms with Gasteiger partial charge < -0.3 is 10.1 Å². The Kier molecular flexibility index (Phi) is 1.90. The summed E-state index contributed by atoms with van der Waals surface area (Å²) in [4.78, 5) is 0. The maximum atomic E-state index is 5.86. The number of halogens is 1. The maximum Gasteiger partial charge on any atom is 0.0934 e. The molecule has 10 heavy (non-hydrogen) atoms. The Labute approximate surface area is 74.8 Å². The van der Waals surface area contributed by atoms with Crippen LogP contribution in [0.5, 0.6) is 0 Å². The van der Waals surface area contributed by atoms with Gasteiger partial charge >= 0.3 is 0 Å². The zero-order valence-corrected chi connectivity index (χ0v) is 8.06. The molecule has 2 heterocycles. The van der Waals surface area contributed by atoms with Gasteiger partial charge in [-0.15, -0.1) is 0 Å². The van der Waals surface area contributed by atoms with Gasteiger partial charge in [-0.25, -0.2) is 0 Å². The SMILES string of the molecule is ICC1CCC2(CNC2)O1. The van der Waals surface area contributed by atoms with Crippen LogP contribution in [-0.4, -0.2) is 29.2 Å². The molecule has 0 aromatic rings. The smallest absolute Gasteiger partial charge is 0.0934 e. The van der Waals surface area contributed by atoms with Crippen molar-refractivity contribution in [3.63, 3.8) is 0 Å². The predicted octanol–water partition coefficient (Wildman–Crippen LogP) is 0.942. The third-order valence-electron chi connectivity index (χ3n) is 2.41. The van der Waals surface area contributed by atoms with E-state index in [1.54, 1.807) is 0 Å². The second kappa shape index (κ2) is 2.60. The highest BCUT2D eigenvalue weighted by molar-refractivity contribution is 14.1. The summed E-state index contributed by atoms with van der Waals surface area (Å²) < 4.78 is 7.02. The summed E-state index contributed by atoms with van der Waals surface area (Å²) in [6, 6.07) is 0. The number of nitrogens with one attached hydrogen (secondary N) is 1. The molecule has 58 valence electrons. The van der Waals surface area contributed by atoms with Crippen LogP contribution in [0.1, 0.15) is 12.8 Å². The largest absolute Gasteiger partial charge is 0.368 e. The molecule has 3 heteroatoms. The second-order valence-electron chi connectivity index (χ2n) is 3.22. The minimum absolute atomic E-state index is 0.274. The van der Waals surface area contributed by atoms with Crippen molar-refractivity contribution >= 4 is 22.6 Å². The van der Waals surface area contributed by atoms with Gasteiger partial charge in [-0.05, 0) is 12.8 Å². The Morgan fingerprint density at radius 1 is 1.60 bits per heavy atom. The van der Waals surface area contributed by atoms with Crippen LogP contribution in [0.25, 0.3) is 0 Å².